The van der Waals surface area contributed by atoms with Gasteiger partial charge in [0.1, 0.15) is 0 Å². The molecule has 3 heteroatoms. The van der Waals surface area contributed by atoms with E-state index in [1.807, 2.05) is 6.92 Å². The van der Waals surface area contributed by atoms with Crippen molar-refractivity contribution in [2.45, 2.75) is 105 Å². The number of esters is 1. The van der Waals surface area contributed by atoms with Crippen LogP contribution in [-0.4, -0.2) is 24.3 Å². The van der Waals surface area contributed by atoms with E-state index in [-0.39, 0.29) is 5.97 Å². The highest BCUT2D eigenvalue weighted by Crippen LogP contribution is 2.68. The average molecular weight is 433 g/mol. The summed E-state index contributed by atoms with van der Waals surface area (Å²) >= 11 is 0. The van der Waals surface area contributed by atoms with Crippen molar-refractivity contribution >= 4 is 5.97 Å². The molecule has 6 unspecified atom stereocenters. The molecule has 4 aliphatic rings. The number of aliphatic hydroxyl groups excluding tert-OH is 1. The molecule has 0 saturated heterocycles. The van der Waals surface area contributed by atoms with Gasteiger partial charge in [0, 0.05) is 13.0 Å². The highest BCUT2D eigenvalue weighted by molar-refractivity contribution is 5.69. The molecular weight excluding hydrogens is 384 g/mol. The van der Waals surface area contributed by atoms with Gasteiger partial charge in [0.05, 0.1) is 6.61 Å². The van der Waals surface area contributed by atoms with Gasteiger partial charge in [-0.15, -0.1) is 0 Å². The molecule has 4 rings (SSSR count). The van der Waals surface area contributed by atoms with Gasteiger partial charge in [0.2, 0.25) is 0 Å². The maximum absolute atomic E-state index is 12.1. The number of hydrogen-bond donors (Lipinski definition) is 1. The predicted molar refractivity (Wildman–Crippen MR) is 125 cm³/mol. The molecule has 0 aromatic rings. The Hall–Kier alpha value is -0.570. The van der Waals surface area contributed by atoms with Crippen molar-refractivity contribution in [3.8, 4) is 0 Å². The van der Waals surface area contributed by atoms with Gasteiger partial charge >= 0.3 is 5.97 Å². The standard InChI is InChI=1S/C28H48O3/c1-5-31-26(30)18-20-12-14-27(3)21(17-20)8-9-22-24-11-10-23(19(2)7-6-16-29)28(24,4)15-13-25(22)27/h19-25,29H,5-18H2,1-4H3/t19?,20?,21?,22?,23-,24+,25+,27?,28?/m1/s1. The van der Waals surface area contributed by atoms with Gasteiger partial charge in [-0.25, -0.2) is 0 Å². The molecule has 0 bridgehead atoms. The Morgan fingerprint density at radius 3 is 2.52 bits per heavy atom. The first-order valence-electron chi connectivity index (χ1n) is 13.6. The van der Waals surface area contributed by atoms with Gasteiger partial charge in [-0.2, -0.15) is 0 Å². The van der Waals surface area contributed by atoms with Crippen molar-refractivity contribution in [3.63, 3.8) is 0 Å². The number of aliphatic hydroxyl groups is 1. The maximum Gasteiger partial charge on any atom is 0.306 e. The minimum absolute atomic E-state index is 0.0190. The van der Waals surface area contributed by atoms with Crippen molar-refractivity contribution in [1.29, 1.82) is 0 Å². The van der Waals surface area contributed by atoms with Crippen LogP contribution in [0.3, 0.4) is 0 Å². The Kier molecular flexibility index (Phi) is 7.12. The van der Waals surface area contributed by atoms with Crippen LogP contribution >= 0.6 is 0 Å². The van der Waals surface area contributed by atoms with Crippen LogP contribution in [0.15, 0.2) is 0 Å². The van der Waals surface area contributed by atoms with Gasteiger partial charge < -0.3 is 9.84 Å². The largest absolute Gasteiger partial charge is 0.466 e. The lowest BCUT2D eigenvalue weighted by Gasteiger charge is -2.61. The zero-order valence-corrected chi connectivity index (χ0v) is 20.7. The zero-order valence-electron chi connectivity index (χ0n) is 20.7. The number of hydrogen-bond acceptors (Lipinski definition) is 3. The molecule has 0 amide bonds. The van der Waals surface area contributed by atoms with Crippen LogP contribution in [0, 0.1) is 52.3 Å². The third-order valence-electron chi connectivity index (χ3n) is 11.1. The Balaban J connectivity index is 1.43. The SMILES string of the molecule is CCOC(=O)CC1CCC2(C)C(CCC3[C@@H]2CCC2(C)[C@@H](C(C)CCCO)CC[C@@H]32)C1. The summed E-state index contributed by atoms with van der Waals surface area (Å²) in [5.41, 5.74) is 1.02. The fourth-order valence-corrected chi connectivity index (χ4v) is 9.58. The third-order valence-corrected chi connectivity index (χ3v) is 11.1. The number of carbonyl (C=O) groups is 1. The molecule has 3 nitrogen and oxygen atoms in total. The minimum Gasteiger partial charge on any atom is -0.466 e. The first-order valence-corrected chi connectivity index (χ1v) is 13.6. The van der Waals surface area contributed by atoms with Crippen LogP contribution in [0.2, 0.25) is 0 Å². The molecule has 4 saturated carbocycles. The molecule has 0 aromatic carbocycles. The van der Waals surface area contributed by atoms with E-state index in [1.54, 1.807) is 0 Å². The number of carbonyl (C=O) groups excluding carboxylic acids is 1. The maximum atomic E-state index is 12.1. The number of ether oxygens (including phenoxy) is 1. The van der Waals surface area contributed by atoms with Crippen LogP contribution in [0.25, 0.3) is 0 Å². The molecule has 178 valence electrons. The fraction of sp³-hybridized carbons (Fsp3) is 0.964. The van der Waals surface area contributed by atoms with Gasteiger partial charge in [-0.3, -0.25) is 4.79 Å². The third kappa shape index (κ3) is 4.22. The van der Waals surface area contributed by atoms with E-state index in [1.165, 1.54) is 64.2 Å². The summed E-state index contributed by atoms with van der Waals surface area (Å²) in [7, 11) is 0. The highest BCUT2D eigenvalue weighted by Gasteiger charge is 2.60. The van der Waals surface area contributed by atoms with Crippen LogP contribution in [0.1, 0.15) is 105 Å². The van der Waals surface area contributed by atoms with Crippen LogP contribution in [0.4, 0.5) is 0 Å². The molecule has 9 atom stereocenters. The van der Waals surface area contributed by atoms with E-state index in [9.17, 15) is 9.90 Å². The Morgan fingerprint density at radius 2 is 1.77 bits per heavy atom. The second-order valence-electron chi connectivity index (χ2n) is 12.4. The molecule has 4 aliphatic carbocycles. The van der Waals surface area contributed by atoms with Crippen LogP contribution < -0.4 is 0 Å². The predicted octanol–water partition coefficient (Wildman–Crippen LogP) is 6.62. The molecule has 0 spiro atoms. The van der Waals surface area contributed by atoms with Gasteiger partial charge in [-0.05, 0) is 130 Å². The quantitative estimate of drug-likeness (QED) is 0.460. The summed E-state index contributed by atoms with van der Waals surface area (Å²) in [4.78, 5) is 12.1. The van der Waals surface area contributed by atoms with Gasteiger partial charge in [0.25, 0.3) is 0 Å². The summed E-state index contributed by atoms with van der Waals surface area (Å²) in [6, 6.07) is 0. The lowest BCUT2D eigenvalue weighted by molar-refractivity contribution is -0.147. The zero-order chi connectivity index (χ0) is 22.2. The molecule has 1 N–H and O–H groups in total. The van der Waals surface area contributed by atoms with Crippen molar-refractivity contribution in [2.24, 2.45) is 52.3 Å². The normalized spacial score (nSPS) is 45.3. The second kappa shape index (κ2) is 9.35. The first-order chi connectivity index (χ1) is 14.8. The molecule has 0 aliphatic heterocycles. The summed E-state index contributed by atoms with van der Waals surface area (Å²) in [5, 5.41) is 9.32. The summed E-state index contributed by atoms with van der Waals surface area (Å²) in [6.45, 7) is 10.5. The van der Waals surface area contributed by atoms with E-state index < -0.39 is 0 Å². The highest BCUT2D eigenvalue weighted by atomic mass is 16.5. The fourth-order valence-electron chi connectivity index (χ4n) is 9.58. The van der Waals surface area contributed by atoms with Crippen LogP contribution in [0.5, 0.6) is 0 Å². The minimum atomic E-state index is 0.0190. The second-order valence-corrected chi connectivity index (χ2v) is 12.4. The Morgan fingerprint density at radius 1 is 1.03 bits per heavy atom. The smallest absolute Gasteiger partial charge is 0.306 e. The molecule has 0 aromatic heterocycles. The van der Waals surface area contributed by atoms with Crippen molar-refractivity contribution in [1.82, 2.24) is 0 Å². The lowest BCUT2D eigenvalue weighted by atomic mass is 9.44. The van der Waals surface area contributed by atoms with Crippen molar-refractivity contribution in [3.05, 3.63) is 0 Å². The van der Waals surface area contributed by atoms with Gasteiger partial charge in [-0.1, -0.05) is 20.8 Å². The van der Waals surface area contributed by atoms with Gasteiger partial charge in [0.15, 0.2) is 0 Å². The number of fused-ring (bicyclic) bond motifs is 5. The monoisotopic (exact) mass is 432 g/mol. The topological polar surface area (TPSA) is 46.5 Å². The first kappa shape index (κ1) is 23.6. The van der Waals surface area contributed by atoms with E-state index in [0.717, 1.165) is 41.9 Å². The Labute approximate surface area is 191 Å². The van der Waals surface area contributed by atoms with Crippen molar-refractivity contribution < 1.29 is 14.6 Å². The molecule has 4 fully saturated rings. The summed E-state index contributed by atoms with van der Waals surface area (Å²) in [5.74, 6) is 5.74. The van der Waals surface area contributed by atoms with E-state index in [0.29, 0.717) is 36.4 Å². The Bertz CT molecular complexity index is 632. The molecular formula is C28H48O3. The van der Waals surface area contributed by atoms with E-state index in [2.05, 4.69) is 20.8 Å². The summed E-state index contributed by atoms with van der Waals surface area (Å²) in [6.07, 6.45) is 15.1. The van der Waals surface area contributed by atoms with E-state index in [4.69, 9.17) is 4.74 Å². The molecule has 31 heavy (non-hydrogen) atoms. The average Bonchev–Trinajstić information content (AvgIpc) is 3.09. The van der Waals surface area contributed by atoms with Crippen molar-refractivity contribution in [2.75, 3.05) is 13.2 Å². The lowest BCUT2D eigenvalue weighted by Crippen LogP contribution is -2.53. The number of rotatable bonds is 7. The molecule has 0 radical (unpaired) electrons. The summed E-state index contributed by atoms with van der Waals surface area (Å²) < 4.78 is 5.25. The van der Waals surface area contributed by atoms with E-state index >= 15 is 0 Å². The molecule has 0 heterocycles. The van der Waals surface area contributed by atoms with Crippen LogP contribution in [-0.2, 0) is 9.53 Å².